The number of anilines is 1. The van der Waals surface area contributed by atoms with Crippen LogP contribution in [0.3, 0.4) is 0 Å². The second kappa shape index (κ2) is 7.14. The van der Waals surface area contributed by atoms with E-state index in [1.165, 1.54) is 12.0 Å². The molecule has 3 rings (SSSR count). The molecule has 0 aliphatic carbocycles. The first-order valence-electron chi connectivity index (χ1n) is 7.94. The molecule has 2 atom stereocenters. The third-order valence-electron chi connectivity index (χ3n) is 4.05. The number of piperidine rings is 1. The first-order valence-corrected chi connectivity index (χ1v) is 8.93. The Kier molecular flexibility index (Phi) is 4.98. The molecule has 0 amide bonds. The minimum atomic E-state index is 0.735. The summed E-state index contributed by atoms with van der Waals surface area (Å²) in [5.41, 5.74) is 1.33. The quantitative estimate of drug-likeness (QED) is 0.623. The summed E-state index contributed by atoms with van der Waals surface area (Å²) in [6, 6.07) is 12.7. The van der Waals surface area contributed by atoms with Crippen molar-refractivity contribution >= 4 is 17.6 Å². The second-order valence-corrected chi connectivity index (χ2v) is 7.34. The number of benzene rings is 1. The van der Waals surface area contributed by atoms with Gasteiger partial charge in [-0.3, -0.25) is 0 Å². The predicted octanol–water partition coefficient (Wildman–Crippen LogP) is 4.25. The molecule has 0 N–H and O–H groups in total. The lowest BCUT2D eigenvalue weighted by Gasteiger charge is -2.35. The standard InChI is InChI=1S/C18H23N3S/c1-14-8-15(2)11-21(10-14)17-9-18(20-13-19-17)22-12-16-6-4-3-5-7-16/h3-7,9,13-15H,8,10-12H2,1-2H3. The van der Waals surface area contributed by atoms with Gasteiger partial charge >= 0.3 is 0 Å². The molecule has 2 unspecified atom stereocenters. The summed E-state index contributed by atoms with van der Waals surface area (Å²) >= 11 is 1.78. The Morgan fingerprint density at radius 2 is 1.82 bits per heavy atom. The van der Waals surface area contributed by atoms with E-state index in [4.69, 9.17) is 0 Å². The van der Waals surface area contributed by atoms with Crippen molar-refractivity contribution in [1.82, 2.24) is 9.97 Å². The first kappa shape index (κ1) is 15.3. The van der Waals surface area contributed by atoms with Crippen molar-refractivity contribution in [3.05, 3.63) is 48.3 Å². The summed E-state index contributed by atoms with van der Waals surface area (Å²) in [7, 11) is 0. The van der Waals surface area contributed by atoms with E-state index in [1.54, 1.807) is 18.1 Å². The molecule has 1 aromatic heterocycles. The van der Waals surface area contributed by atoms with Gasteiger partial charge in [0.15, 0.2) is 0 Å². The summed E-state index contributed by atoms with van der Waals surface area (Å²) < 4.78 is 0. The molecule has 0 bridgehead atoms. The van der Waals surface area contributed by atoms with Crippen molar-refractivity contribution in [3.63, 3.8) is 0 Å². The molecule has 1 fully saturated rings. The molecule has 1 aromatic carbocycles. The summed E-state index contributed by atoms with van der Waals surface area (Å²) in [4.78, 5) is 11.3. The lowest BCUT2D eigenvalue weighted by Crippen LogP contribution is -2.39. The lowest BCUT2D eigenvalue weighted by atomic mass is 9.92. The molecule has 3 nitrogen and oxygen atoms in total. The zero-order valence-corrected chi connectivity index (χ0v) is 14.1. The number of aromatic nitrogens is 2. The third kappa shape index (κ3) is 4.01. The number of rotatable bonds is 4. The summed E-state index contributed by atoms with van der Waals surface area (Å²) in [6.07, 6.45) is 3.02. The molecular formula is C18H23N3S. The minimum Gasteiger partial charge on any atom is -0.356 e. The second-order valence-electron chi connectivity index (χ2n) is 6.34. The van der Waals surface area contributed by atoms with Crippen LogP contribution in [0, 0.1) is 11.8 Å². The maximum absolute atomic E-state index is 4.49. The van der Waals surface area contributed by atoms with E-state index in [1.807, 2.05) is 0 Å². The van der Waals surface area contributed by atoms with Gasteiger partial charge in [0.25, 0.3) is 0 Å². The van der Waals surface area contributed by atoms with Gasteiger partial charge in [0.1, 0.15) is 17.2 Å². The van der Waals surface area contributed by atoms with E-state index >= 15 is 0 Å². The Balaban J connectivity index is 1.67. The fourth-order valence-corrected chi connectivity index (χ4v) is 3.98. The lowest BCUT2D eigenvalue weighted by molar-refractivity contribution is 0.355. The molecule has 2 heterocycles. The topological polar surface area (TPSA) is 29.0 Å². The molecule has 4 heteroatoms. The van der Waals surface area contributed by atoms with Gasteiger partial charge in [-0.15, -0.1) is 11.8 Å². The number of thioether (sulfide) groups is 1. The van der Waals surface area contributed by atoms with Crippen LogP contribution in [-0.4, -0.2) is 23.1 Å². The first-order chi connectivity index (χ1) is 10.7. The largest absolute Gasteiger partial charge is 0.356 e. The molecular weight excluding hydrogens is 290 g/mol. The molecule has 0 saturated carbocycles. The van der Waals surface area contributed by atoms with E-state index < -0.39 is 0 Å². The van der Waals surface area contributed by atoms with E-state index in [-0.39, 0.29) is 0 Å². The van der Waals surface area contributed by atoms with Crippen molar-refractivity contribution < 1.29 is 0 Å². The highest BCUT2D eigenvalue weighted by Crippen LogP contribution is 2.27. The summed E-state index contributed by atoms with van der Waals surface area (Å²) in [6.45, 7) is 6.86. The Morgan fingerprint density at radius 3 is 2.55 bits per heavy atom. The van der Waals surface area contributed by atoms with Gasteiger partial charge < -0.3 is 4.90 Å². The van der Waals surface area contributed by atoms with E-state index in [2.05, 4.69) is 65.1 Å². The Hall–Kier alpha value is -1.55. The van der Waals surface area contributed by atoms with Crippen LogP contribution in [0.25, 0.3) is 0 Å². The van der Waals surface area contributed by atoms with Crippen LogP contribution in [0.5, 0.6) is 0 Å². The van der Waals surface area contributed by atoms with Crippen molar-refractivity contribution in [2.75, 3.05) is 18.0 Å². The zero-order chi connectivity index (χ0) is 15.4. The van der Waals surface area contributed by atoms with Crippen LogP contribution >= 0.6 is 11.8 Å². The maximum Gasteiger partial charge on any atom is 0.133 e. The molecule has 22 heavy (non-hydrogen) atoms. The van der Waals surface area contributed by atoms with Gasteiger partial charge in [0, 0.05) is 24.9 Å². The van der Waals surface area contributed by atoms with Gasteiger partial charge in [0.05, 0.1) is 0 Å². The number of hydrogen-bond donors (Lipinski definition) is 0. The maximum atomic E-state index is 4.49. The Bertz CT molecular complexity index is 592. The van der Waals surface area contributed by atoms with Crippen LogP contribution in [0.1, 0.15) is 25.8 Å². The predicted molar refractivity (Wildman–Crippen MR) is 93.2 cm³/mol. The highest BCUT2D eigenvalue weighted by molar-refractivity contribution is 7.98. The van der Waals surface area contributed by atoms with Gasteiger partial charge in [-0.05, 0) is 23.8 Å². The monoisotopic (exact) mass is 313 g/mol. The fraction of sp³-hybridized carbons (Fsp3) is 0.444. The van der Waals surface area contributed by atoms with Gasteiger partial charge in [0.2, 0.25) is 0 Å². The molecule has 0 spiro atoms. The highest BCUT2D eigenvalue weighted by Gasteiger charge is 2.22. The molecule has 2 aromatic rings. The van der Waals surface area contributed by atoms with Crippen molar-refractivity contribution in [1.29, 1.82) is 0 Å². The van der Waals surface area contributed by atoms with E-state index in [0.717, 1.165) is 41.5 Å². The van der Waals surface area contributed by atoms with E-state index in [0.29, 0.717) is 0 Å². The van der Waals surface area contributed by atoms with Crippen molar-refractivity contribution in [2.24, 2.45) is 11.8 Å². The highest BCUT2D eigenvalue weighted by atomic mass is 32.2. The zero-order valence-electron chi connectivity index (χ0n) is 13.3. The van der Waals surface area contributed by atoms with Gasteiger partial charge in [-0.1, -0.05) is 44.2 Å². The van der Waals surface area contributed by atoms with Crippen LogP contribution in [0.2, 0.25) is 0 Å². The van der Waals surface area contributed by atoms with Crippen molar-refractivity contribution in [2.45, 2.75) is 31.0 Å². The number of hydrogen-bond acceptors (Lipinski definition) is 4. The van der Waals surface area contributed by atoms with Gasteiger partial charge in [-0.2, -0.15) is 0 Å². The molecule has 1 aliphatic rings. The third-order valence-corrected chi connectivity index (χ3v) is 5.05. The van der Waals surface area contributed by atoms with Crippen LogP contribution in [-0.2, 0) is 5.75 Å². The molecule has 1 saturated heterocycles. The Labute approximate surface area is 137 Å². The van der Waals surface area contributed by atoms with Crippen LogP contribution in [0.15, 0.2) is 47.8 Å². The molecule has 116 valence electrons. The van der Waals surface area contributed by atoms with Crippen LogP contribution in [0.4, 0.5) is 5.82 Å². The van der Waals surface area contributed by atoms with Crippen molar-refractivity contribution in [3.8, 4) is 0 Å². The average molecular weight is 313 g/mol. The molecule has 0 radical (unpaired) electrons. The summed E-state index contributed by atoms with van der Waals surface area (Å²) in [5.74, 6) is 3.49. The fourth-order valence-electron chi connectivity index (χ4n) is 3.16. The number of nitrogens with zero attached hydrogens (tertiary/aromatic N) is 3. The normalized spacial score (nSPS) is 21.8. The molecule has 1 aliphatic heterocycles. The van der Waals surface area contributed by atoms with Gasteiger partial charge in [-0.25, -0.2) is 9.97 Å². The van der Waals surface area contributed by atoms with Crippen LogP contribution < -0.4 is 4.90 Å². The summed E-state index contributed by atoms with van der Waals surface area (Å²) in [5, 5.41) is 1.06. The smallest absolute Gasteiger partial charge is 0.133 e. The Morgan fingerprint density at radius 1 is 1.09 bits per heavy atom. The van der Waals surface area contributed by atoms with E-state index in [9.17, 15) is 0 Å². The SMILES string of the molecule is CC1CC(C)CN(c2cc(SCc3ccccc3)ncn2)C1. The minimum absolute atomic E-state index is 0.735. The average Bonchev–Trinajstić information content (AvgIpc) is 2.53.